The van der Waals surface area contributed by atoms with Crippen LogP contribution in [0, 0.1) is 0 Å². The predicted octanol–water partition coefficient (Wildman–Crippen LogP) is 1.16. The maximum Gasteiger partial charge on any atom is 0.185 e. The fraction of sp³-hybridized carbons (Fsp3) is 0.375. The predicted molar refractivity (Wildman–Crippen MR) is 42.2 cm³/mol. The zero-order valence-electron chi connectivity index (χ0n) is 6.70. The van der Waals surface area contributed by atoms with Crippen molar-refractivity contribution in [1.29, 1.82) is 0 Å². The highest BCUT2D eigenvalue weighted by Crippen LogP contribution is 1.91. The summed E-state index contributed by atoms with van der Waals surface area (Å²) in [6, 6.07) is 2.54. The molecule has 1 heterocycles. The second-order valence-corrected chi connectivity index (χ2v) is 1.59. The first kappa shape index (κ1) is 9.91. The molecule has 0 atom stereocenters. The molecule has 0 unspecified atom stereocenters. The summed E-state index contributed by atoms with van der Waals surface area (Å²) >= 11 is 0. The lowest BCUT2D eigenvalue weighted by Crippen LogP contribution is -1.97. The monoisotopic (exact) mass is 156 g/mol. The van der Waals surface area contributed by atoms with Gasteiger partial charge in [0.25, 0.3) is 0 Å². The van der Waals surface area contributed by atoms with E-state index in [-0.39, 0.29) is 12.0 Å². The van der Waals surface area contributed by atoms with Crippen LogP contribution in [0.4, 0.5) is 0 Å². The van der Waals surface area contributed by atoms with Gasteiger partial charge in [0, 0.05) is 12.1 Å². The average molecular weight is 156 g/mol. The van der Waals surface area contributed by atoms with Crippen molar-refractivity contribution in [3.63, 3.8) is 0 Å². The Bertz CT molecular complexity index is 239. The third-order valence-corrected chi connectivity index (χ3v) is 0.911. The molecule has 0 bridgehead atoms. The number of aliphatic hydroxyl groups excluding tert-OH is 1. The molecule has 1 aromatic heterocycles. The maximum atomic E-state index is 10.5. The summed E-state index contributed by atoms with van der Waals surface area (Å²) in [7, 11) is 0. The Morgan fingerprint density at radius 1 is 1.55 bits per heavy atom. The molecule has 62 valence electrons. The normalized spacial score (nSPS) is 8.27. The van der Waals surface area contributed by atoms with E-state index in [0.717, 1.165) is 0 Å². The summed E-state index contributed by atoms with van der Waals surface area (Å²) in [5.41, 5.74) is -0.148. The molecule has 0 radical (unpaired) electrons. The van der Waals surface area contributed by atoms with Crippen molar-refractivity contribution in [3.8, 4) is 0 Å². The minimum Gasteiger partial charge on any atom is -0.467 e. The summed E-state index contributed by atoms with van der Waals surface area (Å²) in [6.07, 6.45) is 1.26. The Labute approximate surface area is 65.3 Å². The summed E-state index contributed by atoms with van der Waals surface area (Å²) < 4.78 is 4.71. The standard InChI is InChI=1S/C6H6O3.C2H6/c7-4-6-3-5(8)1-2-9-6;1-2/h1-3,7H,4H2;1-2H3. The molecule has 3 nitrogen and oxygen atoms in total. The quantitative estimate of drug-likeness (QED) is 0.663. The van der Waals surface area contributed by atoms with E-state index in [1.165, 1.54) is 18.4 Å². The maximum absolute atomic E-state index is 10.5. The van der Waals surface area contributed by atoms with E-state index in [9.17, 15) is 4.79 Å². The largest absolute Gasteiger partial charge is 0.467 e. The van der Waals surface area contributed by atoms with Gasteiger partial charge in [0.05, 0.1) is 6.26 Å². The minimum atomic E-state index is -0.226. The van der Waals surface area contributed by atoms with Crippen LogP contribution in [0.2, 0.25) is 0 Å². The summed E-state index contributed by atoms with van der Waals surface area (Å²) in [5.74, 6) is 0.294. The minimum absolute atomic E-state index is 0.148. The molecular formula is C8H12O3. The van der Waals surface area contributed by atoms with E-state index in [1.807, 2.05) is 13.8 Å². The molecule has 0 amide bonds. The van der Waals surface area contributed by atoms with E-state index in [2.05, 4.69) is 0 Å². The fourth-order valence-corrected chi connectivity index (χ4v) is 0.512. The number of rotatable bonds is 1. The van der Waals surface area contributed by atoms with Gasteiger partial charge in [0.2, 0.25) is 0 Å². The first-order chi connectivity index (χ1) is 5.33. The van der Waals surface area contributed by atoms with Gasteiger partial charge in [-0.2, -0.15) is 0 Å². The highest BCUT2D eigenvalue weighted by molar-refractivity contribution is 4.97. The van der Waals surface area contributed by atoms with Gasteiger partial charge in [-0.15, -0.1) is 0 Å². The highest BCUT2D eigenvalue weighted by Gasteiger charge is 1.89. The number of aliphatic hydroxyl groups is 1. The Morgan fingerprint density at radius 2 is 2.18 bits per heavy atom. The second kappa shape index (κ2) is 5.68. The lowest BCUT2D eigenvalue weighted by Gasteiger charge is -1.88. The van der Waals surface area contributed by atoms with E-state index in [1.54, 1.807) is 0 Å². The lowest BCUT2D eigenvalue weighted by molar-refractivity contribution is 0.243. The van der Waals surface area contributed by atoms with Gasteiger partial charge in [0.15, 0.2) is 5.43 Å². The van der Waals surface area contributed by atoms with Gasteiger partial charge in [-0.25, -0.2) is 0 Å². The van der Waals surface area contributed by atoms with Gasteiger partial charge in [0.1, 0.15) is 12.4 Å². The molecular weight excluding hydrogens is 144 g/mol. The van der Waals surface area contributed by atoms with Crippen molar-refractivity contribution >= 4 is 0 Å². The molecule has 1 rings (SSSR count). The van der Waals surface area contributed by atoms with Crippen LogP contribution in [-0.4, -0.2) is 5.11 Å². The molecule has 11 heavy (non-hydrogen) atoms. The van der Waals surface area contributed by atoms with Crippen LogP contribution < -0.4 is 5.43 Å². The van der Waals surface area contributed by atoms with Crippen molar-refractivity contribution in [2.75, 3.05) is 0 Å². The highest BCUT2D eigenvalue weighted by atomic mass is 16.4. The molecule has 0 aliphatic rings. The van der Waals surface area contributed by atoms with Crippen molar-refractivity contribution in [2.45, 2.75) is 20.5 Å². The zero-order valence-corrected chi connectivity index (χ0v) is 6.70. The van der Waals surface area contributed by atoms with Crippen molar-refractivity contribution < 1.29 is 9.52 Å². The molecule has 0 spiro atoms. The molecule has 0 aromatic carbocycles. The lowest BCUT2D eigenvalue weighted by atomic mass is 10.4. The van der Waals surface area contributed by atoms with Crippen LogP contribution in [-0.2, 0) is 6.61 Å². The fourth-order valence-electron chi connectivity index (χ4n) is 0.512. The van der Waals surface area contributed by atoms with E-state index < -0.39 is 0 Å². The van der Waals surface area contributed by atoms with Crippen LogP contribution >= 0.6 is 0 Å². The third-order valence-electron chi connectivity index (χ3n) is 0.911. The third kappa shape index (κ3) is 3.57. The van der Waals surface area contributed by atoms with Crippen LogP contribution in [0.1, 0.15) is 19.6 Å². The van der Waals surface area contributed by atoms with Crippen molar-refractivity contribution in [2.24, 2.45) is 0 Å². The van der Waals surface area contributed by atoms with Crippen LogP contribution in [0.25, 0.3) is 0 Å². The summed E-state index contributed by atoms with van der Waals surface area (Å²) in [4.78, 5) is 10.5. The number of hydrogen-bond acceptors (Lipinski definition) is 3. The van der Waals surface area contributed by atoms with Crippen molar-refractivity contribution in [3.05, 3.63) is 34.4 Å². The zero-order chi connectivity index (χ0) is 8.69. The number of hydrogen-bond donors (Lipinski definition) is 1. The topological polar surface area (TPSA) is 50.4 Å². The van der Waals surface area contributed by atoms with Crippen LogP contribution in [0.5, 0.6) is 0 Å². The molecule has 0 fully saturated rings. The summed E-state index contributed by atoms with van der Waals surface area (Å²) in [6.45, 7) is 3.77. The van der Waals surface area contributed by atoms with Crippen LogP contribution in [0.15, 0.2) is 27.6 Å². The Kier molecular flexibility index (Phi) is 5.11. The van der Waals surface area contributed by atoms with Gasteiger partial charge < -0.3 is 9.52 Å². The average Bonchev–Trinajstić information content (AvgIpc) is 2.08. The second-order valence-electron chi connectivity index (χ2n) is 1.59. The molecule has 0 aliphatic heterocycles. The van der Waals surface area contributed by atoms with Gasteiger partial charge >= 0.3 is 0 Å². The molecule has 0 saturated carbocycles. The smallest absolute Gasteiger partial charge is 0.185 e. The van der Waals surface area contributed by atoms with E-state index in [0.29, 0.717) is 5.76 Å². The first-order valence-corrected chi connectivity index (χ1v) is 3.51. The summed E-state index contributed by atoms with van der Waals surface area (Å²) in [5, 5.41) is 8.43. The van der Waals surface area contributed by atoms with Gasteiger partial charge in [-0.05, 0) is 0 Å². The van der Waals surface area contributed by atoms with E-state index >= 15 is 0 Å². The molecule has 3 heteroatoms. The van der Waals surface area contributed by atoms with Crippen LogP contribution in [0.3, 0.4) is 0 Å². The Morgan fingerprint density at radius 3 is 2.55 bits per heavy atom. The van der Waals surface area contributed by atoms with Crippen molar-refractivity contribution in [1.82, 2.24) is 0 Å². The van der Waals surface area contributed by atoms with E-state index in [4.69, 9.17) is 9.52 Å². The Hall–Kier alpha value is -1.09. The molecule has 1 N–H and O–H groups in total. The van der Waals surface area contributed by atoms with Gasteiger partial charge in [-0.3, -0.25) is 4.79 Å². The first-order valence-electron chi connectivity index (χ1n) is 3.51. The molecule has 1 aromatic rings. The molecule has 0 saturated heterocycles. The molecule has 0 aliphatic carbocycles. The van der Waals surface area contributed by atoms with Gasteiger partial charge in [-0.1, -0.05) is 13.8 Å². The Balaban J connectivity index is 0.000000461. The SMILES string of the molecule is CC.O=c1ccoc(CO)c1.